The van der Waals surface area contributed by atoms with Crippen LogP contribution < -0.4 is 5.32 Å². The first-order chi connectivity index (χ1) is 7.08. The van der Waals surface area contributed by atoms with Gasteiger partial charge in [0.25, 0.3) is 0 Å². The van der Waals surface area contributed by atoms with Gasteiger partial charge in [-0.15, -0.1) is 0 Å². The molecule has 0 aromatic heterocycles. The summed E-state index contributed by atoms with van der Waals surface area (Å²) in [5.41, 5.74) is 1.08. The van der Waals surface area contributed by atoms with Gasteiger partial charge in [-0.05, 0) is 23.8 Å². The summed E-state index contributed by atoms with van der Waals surface area (Å²) in [6.45, 7) is 2.06. The fraction of sp³-hybridized carbons (Fsp3) is 0.182. The molecule has 0 radical (unpaired) electrons. The number of benzene rings is 1. The average molecular weight is 333 g/mol. The van der Waals surface area contributed by atoms with Crippen LogP contribution in [0, 0.1) is 0 Å². The second-order valence-corrected chi connectivity index (χ2v) is 4.87. The Bertz CT molecular complexity index is 368. The normalized spacial score (nSPS) is 10.6. The van der Waals surface area contributed by atoms with Crippen LogP contribution in [0.15, 0.2) is 33.2 Å². The SMILES string of the molecule is CC(=O)NCC=Cc1cc(Br)cc(Br)c1. The Morgan fingerprint density at radius 2 is 1.93 bits per heavy atom. The van der Waals surface area contributed by atoms with Crippen LogP contribution in [-0.2, 0) is 4.79 Å². The molecule has 1 aromatic carbocycles. The van der Waals surface area contributed by atoms with Crippen molar-refractivity contribution in [2.45, 2.75) is 6.92 Å². The number of halogens is 2. The Morgan fingerprint density at radius 3 is 2.47 bits per heavy atom. The molecule has 0 bridgehead atoms. The number of carbonyl (C=O) groups is 1. The number of hydrogen-bond donors (Lipinski definition) is 1. The molecule has 0 fully saturated rings. The van der Waals surface area contributed by atoms with Gasteiger partial charge in [0.1, 0.15) is 0 Å². The van der Waals surface area contributed by atoms with Gasteiger partial charge in [0, 0.05) is 22.4 Å². The zero-order valence-corrected chi connectivity index (χ0v) is 11.4. The van der Waals surface area contributed by atoms with Gasteiger partial charge in [-0.2, -0.15) is 0 Å². The summed E-state index contributed by atoms with van der Waals surface area (Å²) in [5, 5.41) is 2.70. The number of rotatable bonds is 3. The van der Waals surface area contributed by atoms with Crippen LogP contribution in [0.2, 0.25) is 0 Å². The van der Waals surface area contributed by atoms with Gasteiger partial charge in [0.05, 0.1) is 0 Å². The first-order valence-corrected chi connectivity index (χ1v) is 6.03. The minimum atomic E-state index is -0.0185. The van der Waals surface area contributed by atoms with Gasteiger partial charge in [-0.3, -0.25) is 4.79 Å². The van der Waals surface area contributed by atoms with Crippen molar-refractivity contribution < 1.29 is 4.79 Å². The molecule has 1 N–H and O–H groups in total. The van der Waals surface area contributed by atoms with E-state index >= 15 is 0 Å². The van der Waals surface area contributed by atoms with Crippen LogP contribution in [-0.4, -0.2) is 12.5 Å². The molecule has 0 spiro atoms. The van der Waals surface area contributed by atoms with Crippen molar-refractivity contribution in [1.82, 2.24) is 5.32 Å². The van der Waals surface area contributed by atoms with E-state index < -0.39 is 0 Å². The molecule has 0 aliphatic carbocycles. The zero-order chi connectivity index (χ0) is 11.3. The zero-order valence-electron chi connectivity index (χ0n) is 8.26. The lowest BCUT2D eigenvalue weighted by atomic mass is 10.2. The average Bonchev–Trinajstić information content (AvgIpc) is 2.10. The maximum atomic E-state index is 10.6. The molecule has 1 aromatic rings. The summed E-state index contributed by atoms with van der Waals surface area (Å²) in [7, 11) is 0. The first kappa shape index (κ1) is 12.5. The molecule has 0 heterocycles. The third-order valence-electron chi connectivity index (χ3n) is 1.66. The van der Waals surface area contributed by atoms with Gasteiger partial charge in [0.15, 0.2) is 0 Å². The van der Waals surface area contributed by atoms with Crippen LogP contribution >= 0.6 is 31.9 Å². The van der Waals surface area contributed by atoms with Crippen LogP contribution in [0.5, 0.6) is 0 Å². The van der Waals surface area contributed by atoms with Gasteiger partial charge < -0.3 is 5.32 Å². The van der Waals surface area contributed by atoms with E-state index in [4.69, 9.17) is 0 Å². The number of hydrogen-bond acceptors (Lipinski definition) is 1. The quantitative estimate of drug-likeness (QED) is 0.903. The summed E-state index contributed by atoms with van der Waals surface area (Å²) in [5.74, 6) is -0.0185. The van der Waals surface area contributed by atoms with Crippen LogP contribution in [0.3, 0.4) is 0 Å². The van der Waals surface area contributed by atoms with Crippen LogP contribution in [0.25, 0.3) is 6.08 Å². The van der Waals surface area contributed by atoms with E-state index in [1.54, 1.807) is 0 Å². The van der Waals surface area contributed by atoms with E-state index in [9.17, 15) is 4.79 Å². The van der Waals surface area contributed by atoms with Crippen LogP contribution in [0.1, 0.15) is 12.5 Å². The topological polar surface area (TPSA) is 29.1 Å². The molecule has 1 amide bonds. The van der Waals surface area contributed by atoms with Crippen molar-refractivity contribution in [2.75, 3.05) is 6.54 Å². The molecule has 0 aliphatic heterocycles. The van der Waals surface area contributed by atoms with E-state index in [2.05, 4.69) is 37.2 Å². The van der Waals surface area contributed by atoms with Crippen LogP contribution in [0.4, 0.5) is 0 Å². The number of nitrogens with one attached hydrogen (secondary N) is 1. The monoisotopic (exact) mass is 331 g/mol. The fourth-order valence-corrected chi connectivity index (χ4v) is 2.40. The van der Waals surface area contributed by atoms with Crippen molar-refractivity contribution in [2.24, 2.45) is 0 Å². The summed E-state index contributed by atoms with van der Waals surface area (Å²) in [4.78, 5) is 10.6. The van der Waals surface area contributed by atoms with E-state index in [0.29, 0.717) is 6.54 Å². The molecular formula is C11H11Br2NO. The molecule has 15 heavy (non-hydrogen) atoms. The second kappa shape index (κ2) is 6.08. The summed E-state index contributed by atoms with van der Waals surface area (Å²) >= 11 is 6.82. The largest absolute Gasteiger partial charge is 0.353 e. The van der Waals surface area contributed by atoms with Gasteiger partial charge in [-0.1, -0.05) is 44.0 Å². The third kappa shape index (κ3) is 5.14. The minimum Gasteiger partial charge on any atom is -0.353 e. The molecule has 0 aliphatic rings. The minimum absolute atomic E-state index is 0.0185. The van der Waals surface area contributed by atoms with Gasteiger partial charge in [-0.25, -0.2) is 0 Å². The summed E-state index contributed by atoms with van der Waals surface area (Å²) < 4.78 is 2.05. The summed E-state index contributed by atoms with van der Waals surface area (Å²) in [6, 6.07) is 6.00. The highest BCUT2D eigenvalue weighted by molar-refractivity contribution is 9.11. The second-order valence-electron chi connectivity index (χ2n) is 3.04. The highest BCUT2D eigenvalue weighted by Crippen LogP contribution is 2.20. The van der Waals surface area contributed by atoms with Crippen molar-refractivity contribution in [3.63, 3.8) is 0 Å². The Kier molecular flexibility index (Phi) is 5.05. The fourth-order valence-electron chi connectivity index (χ4n) is 1.07. The predicted octanol–water partition coefficient (Wildman–Crippen LogP) is 3.36. The van der Waals surface area contributed by atoms with Crippen molar-refractivity contribution in [3.05, 3.63) is 38.8 Å². The lowest BCUT2D eigenvalue weighted by molar-refractivity contribution is -0.118. The predicted molar refractivity (Wildman–Crippen MR) is 69.6 cm³/mol. The highest BCUT2D eigenvalue weighted by atomic mass is 79.9. The lowest BCUT2D eigenvalue weighted by Gasteiger charge is -1.98. The lowest BCUT2D eigenvalue weighted by Crippen LogP contribution is -2.19. The molecule has 1 rings (SSSR count). The van der Waals surface area contributed by atoms with Gasteiger partial charge >= 0.3 is 0 Å². The molecule has 0 saturated carbocycles. The van der Waals surface area contributed by atoms with Crippen molar-refractivity contribution in [1.29, 1.82) is 0 Å². The first-order valence-electron chi connectivity index (χ1n) is 4.45. The van der Waals surface area contributed by atoms with E-state index in [-0.39, 0.29) is 5.91 Å². The number of carbonyl (C=O) groups excluding carboxylic acids is 1. The standard InChI is InChI=1S/C11H11Br2NO/c1-8(15)14-4-2-3-9-5-10(12)7-11(13)6-9/h2-3,5-7H,4H2,1H3,(H,14,15). The highest BCUT2D eigenvalue weighted by Gasteiger charge is 1.93. The van der Waals surface area contributed by atoms with Gasteiger partial charge in [0.2, 0.25) is 5.91 Å². The Labute approximate surface area is 106 Å². The molecule has 2 nitrogen and oxygen atoms in total. The Morgan fingerprint density at radius 1 is 1.33 bits per heavy atom. The molecule has 0 atom stereocenters. The maximum Gasteiger partial charge on any atom is 0.217 e. The van der Waals surface area contributed by atoms with Crippen molar-refractivity contribution in [3.8, 4) is 0 Å². The summed E-state index contributed by atoms with van der Waals surface area (Å²) in [6.07, 6.45) is 3.88. The molecule has 0 unspecified atom stereocenters. The molecule has 80 valence electrons. The Hall–Kier alpha value is -0.610. The molecule has 4 heteroatoms. The van der Waals surface area contributed by atoms with E-state index in [1.807, 2.05) is 30.4 Å². The molecular weight excluding hydrogens is 322 g/mol. The Balaban J connectivity index is 2.60. The van der Waals surface area contributed by atoms with E-state index in [1.165, 1.54) is 6.92 Å². The maximum absolute atomic E-state index is 10.6. The smallest absolute Gasteiger partial charge is 0.217 e. The number of amides is 1. The van der Waals surface area contributed by atoms with Crippen molar-refractivity contribution >= 4 is 43.8 Å². The van der Waals surface area contributed by atoms with E-state index in [0.717, 1.165) is 14.5 Å². The third-order valence-corrected chi connectivity index (χ3v) is 2.58. The molecule has 0 saturated heterocycles.